The van der Waals surface area contributed by atoms with Crippen molar-refractivity contribution >= 4 is 5.91 Å². The number of aromatic nitrogens is 2. The molecule has 0 saturated carbocycles. The molecular weight excluding hydrogens is 352 g/mol. The molecule has 1 aromatic heterocycles. The fraction of sp³-hybridized carbons (Fsp3) is 0.727. The summed E-state index contributed by atoms with van der Waals surface area (Å²) in [6.45, 7) is 18.1. The first kappa shape index (κ1) is 21.1. The quantitative estimate of drug-likeness (QED) is 0.674. The van der Waals surface area contributed by atoms with Crippen molar-refractivity contribution in [3.63, 3.8) is 0 Å². The van der Waals surface area contributed by atoms with E-state index >= 15 is 0 Å². The topological polar surface area (TPSA) is 50.6 Å². The largest absolute Gasteiger partial charge is 0.378 e. The number of likely N-dealkylation sites (N-methyl/N-ethyl adjacent to an activating group) is 1. The van der Waals surface area contributed by atoms with E-state index in [0.29, 0.717) is 44.0 Å². The molecule has 2 aliphatic rings. The van der Waals surface area contributed by atoms with Crippen LogP contribution in [0.2, 0.25) is 0 Å². The van der Waals surface area contributed by atoms with Gasteiger partial charge in [-0.05, 0) is 38.6 Å². The smallest absolute Gasteiger partial charge is 0.274 e. The van der Waals surface area contributed by atoms with Crippen LogP contribution in [0.15, 0.2) is 12.2 Å². The van der Waals surface area contributed by atoms with E-state index in [2.05, 4.69) is 43.9 Å². The molecule has 1 aliphatic carbocycles. The number of amides is 1. The number of carbonyl (C=O) groups is 1. The molecule has 0 spiro atoms. The molecule has 28 heavy (non-hydrogen) atoms. The second-order valence-corrected chi connectivity index (χ2v) is 8.67. The number of carbonyl (C=O) groups excluding carboxylic acids is 1. The average Bonchev–Trinajstić information content (AvgIpc) is 3.03. The normalized spacial score (nSPS) is 19.9. The fourth-order valence-electron chi connectivity index (χ4n) is 4.41. The van der Waals surface area contributed by atoms with Crippen LogP contribution in [0.5, 0.6) is 0 Å². The Morgan fingerprint density at radius 2 is 2.07 bits per heavy atom. The number of rotatable bonds is 7. The molecule has 1 aromatic rings. The lowest BCUT2D eigenvalue weighted by Crippen LogP contribution is -2.42. The van der Waals surface area contributed by atoms with Crippen molar-refractivity contribution in [2.24, 2.45) is 5.92 Å². The van der Waals surface area contributed by atoms with Gasteiger partial charge in [0.05, 0.1) is 13.2 Å². The lowest BCUT2D eigenvalue weighted by atomic mass is 9.89. The van der Waals surface area contributed by atoms with Gasteiger partial charge in [-0.25, -0.2) is 0 Å². The van der Waals surface area contributed by atoms with E-state index in [1.807, 2.05) is 4.90 Å². The van der Waals surface area contributed by atoms with Gasteiger partial charge in [0.25, 0.3) is 5.91 Å². The molecule has 0 N–H and O–H groups in total. The van der Waals surface area contributed by atoms with Crippen LogP contribution < -0.4 is 0 Å². The minimum atomic E-state index is 0.0747. The van der Waals surface area contributed by atoms with Crippen molar-refractivity contribution in [1.82, 2.24) is 19.6 Å². The highest BCUT2D eigenvalue weighted by molar-refractivity contribution is 5.94. The average molecular weight is 389 g/mol. The van der Waals surface area contributed by atoms with Crippen molar-refractivity contribution in [3.8, 4) is 0 Å². The summed E-state index contributed by atoms with van der Waals surface area (Å²) in [5.41, 5.74) is 4.31. The Balaban J connectivity index is 1.89. The van der Waals surface area contributed by atoms with E-state index in [9.17, 15) is 4.79 Å². The van der Waals surface area contributed by atoms with Gasteiger partial charge in [-0.2, -0.15) is 5.10 Å². The monoisotopic (exact) mass is 388 g/mol. The van der Waals surface area contributed by atoms with Crippen molar-refractivity contribution in [2.45, 2.75) is 59.5 Å². The number of nitrogens with zero attached hydrogens (tertiary/aromatic N) is 4. The maximum atomic E-state index is 13.3. The molecule has 156 valence electrons. The van der Waals surface area contributed by atoms with Crippen LogP contribution in [0, 0.1) is 5.92 Å². The van der Waals surface area contributed by atoms with Gasteiger partial charge in [-0.15, -0.1) is 0 Å². The van der Waals surface area contributed by atoms with E-state index in [0.717, 1.165) is 38.9 Å². The number of ether oxygens (including phenoxy) is 1. The summed E-state index contributed by atoms with van der Waals surface area (Å²) in [6.07, 6.45) is 3.01. The summed E-state index contributed by atoms with van der Waals surface area (Å²) in [5.74, 6) is 0.578. The molecule has 1 saturated heterocycles. The van der Waals surface area contributed by atoms with Gasteiger partial charge in [0.15, 0.2) is 5.69 Å². The molecule has 0 aromatic carbocycles. The summed E-state index contributed by atoms with van der Waals surface area (Å²) in [5, 5.41) is 4.84. The predicted molar refractivity (Wildman–Crippen MR) is 112 cm³/mol. The zero-order chi connectivity index (χ0) is 20.3. The van der Waals surface area contributed by atoms with Gasteiger partial charge in [-0.1, -0.05) is 32.9 Å². The lowest BCUT2D eigenvalue weighted by Gasteiger charge is -2.34. The molecule has 6 nitrogen and oxygen atoms in total. The van der Waals surface area contributed by atoms with Crippen LogP contribution in [0.25, 0.3) is 0 Å². The second kappa shape index (κ2) is 9.23. The summed E-state index contributed by atoms with van der Waals surface area (Å²) >= 11 is 0. The predicted octanol–water partition coefficient (Wildman–Crippen LogP) is 2.77. The molecule has 6 heteroatoms. The number of morpholine rings is 1. The Labute approximate surface area is 169 Å². The van der Waals surface area contributed by atoms with E-state index < -0.39 is 0 Å². The maximum Gasteiger partial charge on any atom is 0.274 e. The molecule has 1 unspecified atom stereocenters. The number of hydrogen-bond acceptors (Lipinski definition) is 4. The fourth-order valence-corrected chi connectivity index (χ4v) is 4.41. The summed E-state index contributed by atoms with van der Waals surface area (Å²) in [6, 6.07) is 0.446. The Kier molecular flexibility index (Phi) is 6.94. The van der Waals surface area contributed by atoms with Crippen molar-refractivity contribution < 1.29 is 9.53 Å². The summed E-state index contributed by atoms with van der Waals surface area (Å²) in [7, 11) is 0. The molecule has 3 rings (SSSR count). The Morgan fingerprint density at radius 3 is 2.68 bits per heavy atom. The van der Waals surface area contributed by atoms with Gasteiger partial charge in [0.1, 0.15) is 0 Å². The molecular formula is C22H36N4O2. The SMILES string of the molecule is C=C(C)CN(CC)C1CCc2c(c(C(=O)N3CCOCC3)nn2CC(C)C)C1. The van der Waals surface area contributed by atoms with Gasteiger partial charge >= 0.3 is 0 Å². The van der Waals surface area contributed by atoms with Crippen molar-refractivity contribution in [1.29, 1.82) is 0 Å². The number of fused-ring (bicyclic) bond motifs is 1. The molecule has 1 aliphatic heterocycles. The third-order valence-electron chi connectivity index (χ3n) is 5.76. The maximum absolute atomic E-state index is 13.3. The minimum Gasteiger partial charge on any atom is -0.378 e. The van der Waals surface area contributed by atoms with Gasteiger partial charge < -0.3 is 9.64 Å². The van der Waals surface area contributed by atoms with E-state index in [4.69, 9.17) is 9.84 Å². The Hall–Kier alpha value is -1.66. The molecule has 0 bridgehead atoms. The minimum absolute atomic E-state index is 0.0747. The molecule has 1 fully saturated rings. The second-order valence-electron chi connectivity index (χ2n) is 8.67. The van der Waals surface area contributed by atoms with E-state index in [1.54, 1.807) is 0 Å². The number of hydrogen-bond donors (Lipinski definition) is 0. The summed E-state index contributed by atoms with van der Waals surface area (Å²) < 4.78 is 7.53. The van der Waals surface area contributed by atoms with Gasteiger partial charge in [0.2, 0.25) is 0 Å². The first-order chi connectivity index (χ1) is 13.4. The van der Waals surface area contributed by atoms with Crippen molar-refractivity contribution in [3.05, 3.63) is 29.1 Å². The first-order valence-electron chi connectivity index (χ1n) is 10.7. The molecule has 1 atom stereocenters. The van der Waals surface area contributed by atoms with E-state index in [1.165, 1.54) is 16.8 Å². The highest BCUT2D eigenvalue weighted by Crippen LogP contribution is 2.29. The first-order valence-corrected chi connectivity index (χ1v) is 10.7. The van der Waals surface area contributed by atoms with Crippen LogP contribution in [0.1, 0.15) is 55.9 Å². The molecule has 0 radical (unpaired) electrons. The Bertz CT molecular complexity index is 704. The summed E-state index contributed by atoms with van der Waals surface area (Å²) in [4.78, 5) is 17.7. The van der Waals surface area contributed by atoms with Crippen LogP contribution in [0.3, 0.4) is 0 Å². The van der Waals surface area contributed by atoms with Gasteiger partial charge in [0, 0.05) is 43.5 Å². The molecule has 1 amide bonds. The van der Waals surface area contributed by atoms with Crippen LogP contribution in [0.4, 0.5) is 0 Å². The van der Waals surface area contributed by atoms with Crippen molar-refractivity contribution in [2.75, 3.05) is 39.4 Å². The molecule has 2 heterocycles. The zero-order valence-electron chi connectivity index (χ0n) is 18.0. The highest BCUT2D eigenvalue weighted by atomic mass is 16.5. The third kappa shape index (κ3) is 4.66. The Morgan fingerprint density at radius 1 is 1.36 bits per heavy atom. The third-order valence-corrected chi connectivity index (χ3v) is 5.76. The van der Waals surface area contributed by atoms with E-state index in [-0.39, 0.29) is 5.91 Å². The highest BCUT2D eigenvalue weighted by Gasteiger charge is 2.33. The lowest BCUT2D eigenvalue weighted by molar-refractivity contribution is 0.0297. The zero-order valence-corrected chi connectivity index (χ0v) is 18.0. The van der Waals surface area contributed by atoms with Crippen LogP contribution >= 0.6 is 0 Å². The van der Waals surface area contributed by atoms with Crippen LogP contribution in [-0.2, 0) is 24.1 Å². The van der Waals surface area contributed by atoms with Gasteiger partial charge in [-0.3, -0.25) is 14.4 Å². The van der Waals surface area contributed by atoms with Crippen LogP contribution in [-0.4, -0.2) is 70.9 Å². The standard InChI is InChI=1S/C22H36N4O2/c1-6-24(14-16(2)3)18-7-8-20-19(13-18)21(23-26(20)15-17(4)5)22(27)25-9-11-28-12-10-25/h17-18H,2,6-15H2,1,3-5H3.